The van der Waals surface area contributed by atoms with Gasteiger partial charge in [0, 0.05) is 25.8 Å². The van der Waals surface area contributed by atoms with Gasteiger partial charge in [-0.15, -0.1) is 0 Å². The number of amides is 2. The van der Waals surface area contributed by atoms with E-state index < -0.39 is 99.5 Å². The minimum absolute atomic E-state index is 0.0846. The molecule has 0 spiro atoms. The van der Waals surface area contributed by atoms with E-state index in [4.69, 9.17) is 32.9 Å². The van der Waals surface area contributed by atoms with E-state index in [2.05, 4.69) is 64.0 Å². The van der Waals surface area contributed by atoms with Gasteiger partial charge >= 0.3 is 31.7 Å². The maximum atomic E-state index is 14.5. The lowest BCUT2D eigenvalue weighted by Gasteiger charge is -2.45. The molecule has 95 heavy (non-hydrogen) atoms. The SMILES string of the molecule is CCCCCCCCCCC[C@H](CC(=O)NCCO[C@H]1O[C@H](CO)[C@@H](OP(=O)(O)O)[C@H](OC(=O)C[C@@H](CCCCCCCCCCC)OC(=O)CCCCC)[C@@H]1NC(=O)C[C@@H](CCCCCCCCCCC)OC(=O)CCCCC)OC(=O)CCCCC.CCN(CC)CC. The molecule has 1 heterocycles. The van der Waals surface area contributed by atoms with Gasteiger partial charge in [-0.1, -0.05) is 255 Å². The number of hydrogen-bond donors (Lipinski definition) is 5. The van der Waals surface area contributed by atoms with Gasteiger partial charge in [0.1, 0.15) is 36.6 Å². The van der Waals surface area contributed by atoms with E-state index in [1.807, 2.05) is 13.8 Å². The van der Waals surface area contributed by atoms with Gasteiger partial charge in [-0.05, 0) is 77.4 Å². The lowest BCUT2D eigenvalue weighted by Crippen LogP contribution is -2.66. The second kappa shape index (κ2) is 63.0. The van der Waals surface area contributed by atoms with Crippen molar-refractivity contribution in [1.29, 1.82) is 0 Å². The summed E-state index contributed by atoms with van der Waals surface area (Å²) >= 11 is 0. The zero-order chi connectivity index (χ0) is 70.6. The molecule has 1 aliphatic rings. The summed E-state index contributed by atoms with van der Waals surface area (Å²) in [5.41, 5.74) is 0. The van der Waals surface area contributed by atoms with Crippen LogP contribution in [-0.2, 0) is 66.3 Å². The van der Waals surface area contributed by atoms with Gasteiger partial charge in [-0.25, -0.2) is 4.57 Å². The first kappa shape index (κ1) is 91.8. The number of ether oxygens (including phenoxy) is 6. The maximum absolute atomic E-state index is 14.5. The van der Waals surface area contributed by atoms with Crippen LogP contribution >= 0.6 is 7.82 Å². The van der Waals surface area contributed by atoms with Crippen molar-refractivity contribution in [3.05, 3.63) is 0 Å². The van der Waals surface area contributed by atoms with E-state index >= 15 is 0 Å². The quantitative estimate of drug-likeness (QED) is 0.0164. The molecule has 2 amide bonds. The molecule has 0 radical (unpaired) electrons. The van der Waals surface area contributed by atoms with Crippen LogP contribution in [0.5, 0.6) is 0 Å². The molecule has 0 aromatic rings. The summed E-state index contributed by atoms with van der Waals surface area (Å²) in [6, 6.07) is -1.57. The van der Waals surface area contributed by atoms with Gasteiger partial charge in [0.25, 0.3) is 0 Å². The van der Waals surface area contributed by atoms with E-state index in [0.29, 0.717) is 51.4 Å². The Kier molecular flexibility index (Phi) is 60.8. The summed E-state index contributed by atoms with van der Waals surface area (Å²) in [6.07, 6.45) is 27.8. The summed E-state index contributed by atoms with van der Waals surface area (Å²) in [5.74, 6) is -3.29. The lowest BCUT2D eigenvalue weighted by molar-refractivity contribution is -0.270. The predicted octanol–water partition coefficient (Wildman–Crippen LogP) is 16.5. The van der Waals surface area contributed by atoms with Crippen LogP contribution in [-0.4, -0.2) is 144 Å². The van der Waals surface area contributed by atoms with Gasteiger partial charge < -0.3 is 58.8 Å². The first-order valence-electron chi connectivity index (χ1n) is 38.6. The number of unbranched alkanes of at least 4 members (excludes halogenated alkanes) is 30. The Labute approximate surface area is 577 Å². The van der Waals surface area contributed by atoms with Gasteiger partial charge in [0.05, 0.1) is 32.5 Å². The van der Waals surface area contributed by atoms with Crippen molar-refractivity contribution in [2.24, 2.45) is 0 Å². The maximum Gasteiger partial charge on any atom is 0.470 e. The largest absolute Gasteiger partial charge is 0.470 e. The summed E-state index contributed by atoms with van der Waals surface area (Å²) in [5, 5.41) is 16.4. The molecule has 0 aromatic carbocycles. The molecule has 0 aromatic heterocycles. The molecule has 560 valence electrons. The van der Waals surface area contributed by atoms with Crippen molar-refractivity contribution < 1.29 is 81.2 Å². The van der Waals surface area contributed by atoms with Crippen molar-refractivity contribution in [2.45, 2.75) is 400 Å². The number of aliphatic hydroxyl groups is 1. The molecule has 5 N–H and O–H groups in total. The molecule has 0 bridgehead atoms. The number of esters is 4. The van der Waals surface area contributed by atoms with Gasteiger partial charge in [-0.2, -0.15) is 0 Å². The van der Waals surface area contributed by atoms with E-state index in [0.717, 1.165) is 116 Å². The van der Waals surface area contributed by atoms with Gasteiger partial charge in [0.15, 0.2) is 12.4 Å². The normalized spacial score (nSPS) is 17.3. The molecular formula is C74H142N3O17P. The van der Waals surface area contributed by atoms with E-state index in [1.54, 1.807) is 0 Å². The number of carbonyl (C=O) groups excluding carboxylic acids is 6. The first-order valence-corrected chi connectivity index (χ1v) is 40.1. The molecule has 1 rings (SSSR count). The van der Waals surface area contributed by atoms with Gasteiger partial charge in [0.2, 0.25) is 11.8 Å². The third-order valence-corrected chi connectivity index (χ3v) is 18.2. The monoisotopic (exact) mass is 1380 g/mol. The average Bonchev–Trinajstić information content (AvgIpc) is 0.787. The zero-order valence-corrected chi connectivity index (χ0v) is 62.5. The van der Waals surface area contributed by atoms with Crippen molar-refractivity contribution in [3.8, 4) is 0 Å². The van der Waals surface area contributed by atoms with Crippen molar-refractivity contribution in [1.82, 2.24) is 15.5 Å². The average molecular weight is 1380 g/mol. The molecule has 8 atom stereocenters. The Morgan fingerprint density at radius 3 is 1.12 bits per heavy atom. The van der Waals surface area contributed by atoms with Crippen LogP contribution in [0.3, 0.4) is 0 Å². The third kappa shape index (κ3) is 52.5. The summed E-state index contributed by atoms with van der Waals surface area (Å²) in [6.45, 7) is 21.5. The smallest absolute Gasteiger partial charge is 0.462 e. The Morgan fingerprint density at radius 2 is 0.779 bits per heavy atom. The molecule has 1 aliphatic heterocycles. The number of hydrogen-bond acceptors (Lipinski definition) is 16. The molecular weight excluding hydrogens is 1230 g/mol. The second-order valence-electron chi connectivity index (χ2n) is 26.3. The van der Waals surface area contributed by atoms with E-state index in [-0.39, 0.29) is 51.2 Å². The standard InChI is InChI=1S/C68H127N2O17P.C6H15N/c1-7-13-19-22-25-28-31-34-40-43-55(82-61(74)46-37-16-10-4)51-59(72)69-49-50-81-68-65(70-60(73)52-56(83-62(75)47-38-17-11-5)44-41-35-32-29-26-23-20-14-8-2)67(66(58(54-71)85-68)87-88(78,79)80)86-64(77)53-57(84-63(76)48-39-18-12-6)45-42-36-33-30-27-24-21-15-9-3;1-4-7(5-2)6-3/h55-58,65-68,71H,7-54H2,1-6H3,(H,69,72)(H,70,73)(H2,78,79,80);4-6H2,1-3H3/t55-,56-,57-,58-,65+,66-,67-,68+;/m1./s1. The number of rotatable bonds is 63. The third-order valence-electron chi connectivity index (χ3n) is 17.7. The minimum Gasteiger partial charge on any atom is -0.462 e. The topological polar surface area (TPSA) is 272 Å². The lowest BCUT2D eigenvalue weighted by atomic mass is 9.96. The fourth-order valence-electron chi connectivity index (χ4n) is 11.9. The predicted molar refractivity (Wildman–Crippen MR) is 378 cm³/mol. The fourth-order valence-corrected chi connectivity index (χ4v) is 12.4. The van der Waals surface area contributed by atoms with Crippen molar-refractivity contribution >= 4 is 43.5 Å². The number of phosphoric acid groups is 1. The highest BCUT2D eigenvalue weighted by Gasteiger charge is 2.52. The number of nitrogens with one attached hydrogen (secondary N) is 2. The highest BCUT2D eigenvalue weighted by Crippen LogP contribution is 2.42. The molecule has 0 unspecified atom stereocenters. The second-order valence-corrected chi connectivity index (χ2v) is 27.5. The Morgan fingerprint density at radius 1 is 0.442 bits per heavy atom. The molecule has 20 nitrogen and oxygen atoms in total. The number of phosphoric ester groups is 1. The summed E-state index contributed by atoms with van der Waals surface area (Å²) in [4.78, 5) is 105. The minimum atomic E-state index is -5.44. The fraction of sp³-hybridized carbons (Fsp3) is 0.919. The summed E-state index contributed by atoms with van der Waals surface area (Å²) in [7, 11) is -5.44. The number of aliphatic hydroxyl groups excluding tert-OH is 1. The highest BCUT2D eigenvalue weighted by molar-refractivity contribution is 7.46. The van der Waals surface area contributed by atoms with Crippen LogP contribution in [0, 0.1) is 0 Å². The Hall–Kier alpha value is -3.23. The molecule has 0 saturated carbocycles. The van der Waals surface area contributed by atoms with E-state index in [1.165, 1.54) is 103 Å². The van der Waals surface area contributed by atoms with Crippen LogP contribution in [0.15, 0.2) is 0 Å². The van der Waals surface area contributed by atoms with E-state index in [9.17, 15) is 48.2 Å². The van der Waals surface area contributed by atoms with Crippen LogP contribution in [0.1, 0.15) is 351 Å². The van der Waals surface area contributed by atoms with Crippen molar-refractivity contribution in [2.75, 3.05) is 39.4 Å². The van der Waals surface area contributed by atoms with Crippen LogP contribution in [0.2, 0.25) is 0 Å². The summed E-state index contributed by atoms with van der Waals surface area (Å²) < 4.78 is 54.3. The Balaban J connectivity index is 0.0000119. The highest BCUT2D eigenvalue weighted by atomic mass is 31.2. The van der Waals surface area contributed by atoms with Gasteiger partial charge in [-0.3, -0.25) is 33.3 Å². The molecule has 1 saturated heterocycles. The van der Waals surface area contributed by atoms with Crippen LogP contribution in [0.25, 0.3) is 0 Å². The Bertz CT molecular complexity index is 1920. The molecule has 0 aliphatic carbocycles. The van der Waals surface area contributed by atoms with Crippen molar-refractivity contribution in [3.63, 3.8) is 0 Å². The van der Waals surface area contributed by atoms with Crippen LogP contribution in [0.4, 0.5) is 0 Å². The zero-order valence-electron chi connectivity index (χ0n) is 61.6. The number of nitrogens with zero attached hydrogens (tertiary/aromatic N) is 1. The molecule has 21 heteroatoms. The first-order chi connectivity index (χ1) is 45.9. The number of carbonyl (C=O) groups is 6. The van der Waals surface area contributed by atoms with Crippen LogP contribution < -0.4 is 10.6 Å². The molecule has 1 fully saturated rings.